The van der Waals surface area contributed by atoms with Crippen molar-refractivity contribution in [2.45, 2.75) is 19.3 Å². The van der Waals surface area contributed by atoms with Crippen molar-refractivity contribution in [3.05, 3.63) is 48.0 Å². The lowest BCUT2D eigenvalue weighted by Gasteiger charge is -2.34. The molecule has 0 spiro atoms. The number of nitrogens with one attached hydrogen (secondary N) is 1. The zero-order valence-corrected chi connectivity index (χ0v) is 11.8. The molecule has 2 aromatic rings. The highest BCUT2D eigenvalue weighted by molar-refractivity contribution is 5.73. The Morgan fingerprint density at radius 1 is 1.05 bits per heavy atom. The molecular weight excluding hydrogens is 286 g/mol. The number of para-hydroxylation sites is 2. The summed E-state index contributed by atoms with van der Waals surface area (Å²) in [4.78, 5) is 11.4. The van der Waals surface area contributed by atoms with E-state index in [1.807, 2.05) is 6.07 Å². The number of rotatable bonds is 2. The highest BCUT2D eigenvalue weighted by Crippen LogP contribution is 2.40. The number of benzene rings is 2. The van der Waals surface area contributed by atoms with Crippen molar-refractivity contribution in [2.24, 2.45) is 0 Å². The lowest BCUT2D eigenvalue weighted by Crippen LogP contribution is -2.46. The summed E-state index contributed by atoms with van der Waals surface area (Å²) in [5.41, 5.74) is 0.573. The van der Waals surface area contributed by atoms with E-state index < -0.39 is 12.3 Å². The highest BCUT2D eigenvalue weighted by atomic mass is 16.6. The van der Waals surface area contributed by atoms with Crippen LogP contribution in [0.4, 0.5) is 0 Å². The summed E-state index contributed by atoms with van der Waals surface area (Å²) in [6.07, 6.45) is -1.39. The van der Waals surface area contributed by atoms with Gasteiger partial charge in [0.1, 0.15) is 0 Å². The van der Waals surface area contributed by atoms with Crippen molar-refractivity contribution >= 4 is 5.91 Å². The van der Waals surface area contributed by atoms with Crippen molar-refractivity contribution in [2.75, 3.05) is 0 Å². The SMILES string of the molecule is CC(=O)NC1Oc2ccccc2OC1c1ccc(O)c(O)c1. The molecule has 1 amide bonds. The molecule has 22 heavy (non-hydrogen) atoms. The fraction of sp³-hybridized carbons (Fsp3) is 0.188. The molecule has 3 N–H and O–H groups in total. The molecule has 0 saturated heterocycles. The van der Waals surface area contributed by atoms with E-state index in [2.05, 4.69) is 5.32 Å². The van der Waals surface area contributed by atoms with E-state index in [1.54, 1.807) is 24.3 Å². The van der Waals surface area contributed by atoms with Crippen LogP contribution in [0.15, 0.2) is 42.5 Å². The molecule has 6 heteroatoms. The van der Waals surface area contributed by atoms with Gasteiger partial charge in [-0.05, 0) is 24.3 Å². The molecule has 2 unspecified atom stereocenters. The van der Waals surface area contributed by atoms with Gasteiger partial charge >= 0.3 is 0 Å². The first-order chi connectivity index (χ1) is 10.5. The van der Waals surface area contributed by atoms with Crippen LogP contribution < -0.4 is 14.8 Å². The Kier molecular flexibility index (Phi) is 3.50. The van der Waals surface area contributed by atoms with Gasteiger partial charge in [-0.15, -0.1) is 0 Å². The van der Waals surface area contributed by atoms with E-state index in [9.17, 15) is 15.0 Å². The number of carbonyl (C=O) groups excluding carboxylic acids is 1. The third-order valence-corrected chi connectivity index (χ3v) is 3.31. The number of phenolic OH excluding ortho intramolecular Hbond substituents is 2. The van der Waals surface area contributed by atoms with Crippen LogP contribution in [0.5, 0.6) is 23.0 Å². The topological polar surface area (TPSA) is 88.0 Å². The molecule has 0 aliphatic carbocycles. The Hall–Kier alpha value is -2.89. The van der Waals surface area contributed by atoms with Crippen LogP contribution in [0.2, 0.25) is 0 Å². The second-order valence-electron chi connectivity index (χ2n) is 4.97. The van der Waals surface area contributed by atoms with Gasteiger partial charge in [-0.3, -0.25) is 4.79 Å². The van der Waals surface area contributed by atoms with Crippen LogP contribution in [0.25, 0.3) is 0 Å². The zero-order valence-electron chi connectivity index (χ0n) is 11.8. The summed E-state index contributed by atoms with van der Waals surface area (Å²) in [6.45, 7) is 1.38. The lowest BCUT2D eigenvalue weighted by molar-refractivity contribution is -0.124. The van der Waals surface area contributed by atoms with Gasteiger partial charge in [0.2, 0.25) is 12.1 Å². The Labute approximate surface area is 126 Å². The average Bonchev–Trinajstić information content (AvgIpc) is 2.49. The third kappa shape index (κ3) is 2.63. The summed E-state index contributed by atoms with van der Waals surface area (Å²) >= 11 is 0. The van der Waals surface area contributed by atoms with Crippen LogP contribution in [-0.4, -0.2) is 22.3 Å². The molecule has 0 aromatic heterocycles. The number of hydrogen-bond acceptors (Lipinski definition) is 5. The first-order valence-electron chi connectivity index (χ1n) is 6.76. The van der Waals surface area contributed by atoms with Gasteiger partial charge in [-0.1, -0.05) is 18.2 Å². The second-order valence-corrected chi connectivity index (χ2v) is 4.97. The van der Waals surface area contributed by atoms with Crippen molar-refractivity contribution in [3.63, 3.8) is 0 Å². The molecule has 2 atom stereocenters. The summed E-state index contributed by atoms with van der Waals surface area (Å²) in [5, 5.41) is 21.8. The number of fused-ring (bicyclic) bond motifs is 1. The molecule has 0 bridgehead atoms. The van der Waals surface area contributed by atoms with Crippen LogP contribution in [-0.2, 0) is 4.79 Å². The molecular formula is C16H15NO5. The molecule has 1 heterocycles. The van der Waals surface area contributed by atoms with Gasteiger partial charge < -0.3 is 25.0 Å². The Morgan fingerprint density at radius 3 is 2.36 bits per heavy atom. The van der Waals surface area contributed by atoms with Crippen molar-refractivity contribution in [3.8, 4) is 23.0 Å². The first kappa shape index (κ1) is 14.1. The molecule has 0 saturated carbocycles. The minimum atomic E-state index is -0.739. The largest absolute Gasteiger partial charge is 0.504 e. The maximum Gasteiger partial charge on any atom is 0.219 e. The predicted molar refractivity (Wildman–Crippen MR) is 77.8 cm³/mol. The number of aromatic hydroxyl groups is 2. The number of carbonyl (C=O) groups is 1. The normalized spacial score (nSPS) is 19.5. The van der Waals surface area contributed by atoms with Gasteiger partial charge in [-0.2, -0.15) is 0 Å². The van der Waals surface area contributed by atoms with E-state index in [1.165, 1.54) is 19.1 Å². The Morgan fingerprint density at radius 2 is 1.73 bits per heavy atom. The predicted octanol–water partition coefficient (Wildman–Crippen LogP) is 2.07. The van der Waals surface area contributed by atoms with Crippen LogP contribution in [0.1, 0.15) is 18.6 Å². The third-order valence-electron chi connectivity index (χ3n) is 3.31. The van der Waals surface area contributed by atoms with E-state index in [0.29, 0.717) is 17.1 Å². The fourth-order valence-corrected chi connectivity index (χ4v) is 2.31. The van der Waals surface area contributed by atoms with Gasteiger partial charge in [-0.25, -0.2) is 0 Å². The number of amides is 1. The Balaban J connectivity index is 1.98. The smallest absolute Gasteiger partial charge is 0.219 e. The van der Waals surface area contributed by atoms with Crippen molar-refractivity contribution in [1.82, 2.24) is 5.32 Å². The number of ether oxygens (including phenoxy) is 2. The number of hydrogen-bond donors (Lipinski definition) is 3. The lowest BCUT2D eigenvalue weighted by atomic mass is 10.1. The standard InChI is InChI=1S/C16H15NO5/c1-9(18)17-16-15(10-6-7-11(19)12(20)8-10)21-13-4-2-3-5-14(13)22-16/h2-8,15-16,19-20H,1H3,(H,17,18). The quantitative estimate of drug-likeness (QED) is 0.739. The Bertz CT molecular complexity index is 715. The van der Waals surface area contributed by atoms with Crippen LogP contribution in [0.3, 0.4) is 0 Å². The van der Waals surface area contributed by atoms with E-state index in [4.69, 9.17) is 9.47 Å². The van der Waals surface area contributed by atoms with Crippen LogP contribution in [0, 0.1) is 0 Å². The molecule has 3 rings (SSSR count). The summed E-state index contributed by atoms with van der Waals surface area (Å²) in [5.74, 6) is 0.321. The van der Waals surface area contributed by atoms with E-state index in [-0.39, 0.29) is 17.4 Å². The number of phenols is 2. The summed E-state index contributed by atoms with van der Waals surface area (Å²) in [6, 6.07) is 11.5. The minimum Gasteiger partial charge on any atom is -0.504 e. The molecule has 0 radical (unpaired) electrons. The highest BCUT2D eigenvalue weighted by Gasteiger charge is 2.33. The molecule has 2 aromatic carbocycles. The molecule has 0 fully saturated rings. The van der Waals surface area contributed by atoms with Gasteiger partial charge in [0.15, 0.2) is 29.1 Å². The molecule has 6 nitrogen and oxygen atoms in total. The van der Waals surface area contributed by atoms with E-state index >= 15 is 0 Å². The van der Waals surface area contributed by atoms with Crippen molar-refractivity contribution in [1.29, 1.82) is 0 Å². The minimum absolute atomic E-state index is 0.225. The summed E-state index contributed by atoms with van der Waals surface area (Å²) in [7, 11) is 0. The van der Waals surface area contributed by atoms with Gasteiger partial charge in [0, 0.05) is 12.5 Å². The molecule has 1 aliphatic rings. The maximum absolute atomic E-state index is 11.4. The van der Waals surface area contributed by atoms with E-state index in [0.717, 1.165) is 0 Å². The van der Waals surface area contributed by atoms with Gasteiger partial charge in [0.25, 0.3) is 0 Å². The maximum atomic E-state index is 11.4. The van der Waals surface area contributed by atoms with Crippen LogP contribution >= 0.6 is 0 Å². The molecule has 1 aliphatic heterocycles. The second kappa shape index (κ2) is 5.48. The zero-order chi connectivity index (χ0) is 15.7. The summed E-state index contributed by atoms with van der Waals surface area (Å²) < 4.78 is 11.7. The molecule has 114 valence electrons. The monoisotopic (exact) mass is 301 g/mol. The van der Waals surface area contributed by atoms with Gasteiger partial charge in [0.05, 0.1) is 0 Å². The van der Waals surface area contributed by atoms with Crippen molar-refractivity contribution < 1.29 is 24.5 Å². The first-order valence-corrected chi connectivity index (χ1v) is 6.76. The average molecular weight is 301 g/mol. The fourth-order valence-electron chi connectivity index (χ4n) is 2.31.